The Morgan fingerprint density at radius 1 is 1.00 bits per heavy atom. The van der Waals surface area contributed by atoms with Crippen molar-refractivity contribution in [3.8, 4) is 11.5 Å². The molecular formula is C15H15N3O5. The molecule has 0 saturated carbocycles. The molecule has 8 heteroatoms. The fraction of sp³-hybridized carbons (Fsp3) is 0.133. The SMILES string of the molecule is COc1ccccc1NC(=O)Nc1cccc([N+](=O)[O-])c1OC. The number of anilines is 2. The molecular weight excluding hydrogens is 302 g/mol. The van der Waals surface area contributed by atoms with Crippen LogP contribution in [0.25, 0.3) is 0 Å². The van der Waals surface area contributed by atoms with E-state index in [1.165, 1.54) is 32.4 Å². The Balaban J connectivity index is 2.21. The molecule has 2 rings (SSSR count). The van der Waals surface area contributed by atoms with Crippen molar-refractivity contribution >= 4 is 23.1 Å². The number of nitrogens with one attached hydrogen (secondary N) is 2. The number of urea groups is 1. The summed E-state index contributed by atoms with van der Waals surface area (Å²) in [4.78, 5) is 22.5. The van der Waals surface area contributed by atoms with E-state index in [9.17, 15) is 14.9 Å². The number of ether oxygens (including phenoxy) is 2. The Labute approximate surface area is 132 Å². The summed E-state index contributed by atoms with van der Waals surface area (Å²) < 4.78 is 10.2. The summed E-state index contributed by atoms with van der Waals surface area (Å²) in [6.45, 7) is 0. The highest BCUT2D eigenvalue weighted by molar-refractivity contribution is 6.02. The number of carbonyl (C=O) groups is 1. The van der Waals surface area contributed by atoms with Crippen molar-refractivity contribution in [3.63, 3.8) is 0 Å². The van der Waals surface area contributed by atoms with Crippen molar-refractivity contribution in [2.45, 2.75) is 0 Å². The maximum Gasteiger partial charge on any atom is 0.323 e. The Morgan fingerprint density at radius 3 is 2.30 bits per heavy atom. The van der Waals surface area contributed by atoms with Gasteiger partial charge in [-0.25, -0.2) is 4.79 Å². The van der Waals surface area contributed by atoms with Crippen molar-refractivity contribution in [1.82, 2.24) is 0 Å². The molecule has 0 fully saturated rings. The van der Waals surface area contributed by atoms with E-state index in [-0.39, 0.29) is 17.1 Å². The Bertz CT molecular complexity index is 733. The average molecular weight is 317 g/mol. The molecule has 2 aromatic carbocycles. The standard InChI is InChI=1S/C15H15N3O5/c1-22-13-9-4-3-6-10(13)16-15(19)17-11-7-5-8-12(18(20)21)14(11)23-2/h3-9H,1-2H3,(H2,16,17,19). The topological polar surface area (TPSA) is 103 Å². The molecule has 120 valence electrons. The van der Waals surface area contributed by atoms with Gasteiger partial charge in [-0.3, -0.25) is 10.1 Å². The molecule has 0 atom stereocenters. The van der Waals surface area contributed by atoms with Crippen molar-refractivity contribution in [3.05, 3.63) is 52.6 Å². The normalized spacial score (nSPS) is 9.83. The number of nitrogens with zero attached hydrogens (tertiary/aromatic N) is 1. The first-order chi connectivity index (χ1) is 11.1. The van der Waals surface area contributed by atoms with E-state index in [4.69, 9.17) is 9.47 Å². The summed E-state index contributed by atoms with van der Waals surface area (Å²) in [5.41, 5.74) is 0.425. The van der Waals surface area contributed by atoms with Gasteiger partial charge in [-0.1, -0.05) is 18.2 Å². The first-order valence-electron chi connectivity index (χ1n) is 6.59. The molecule has 0 aliphatic heterocycles. The van der Waals surface area contributed by atoms with Crippen LogP contribution in [0.4, 0.5) is 21.9 Å². The highest BCUT2D eigenvalue weighted by Crippen LogP contribution is 2.34. The van der Waals surface area contributed by atoms with Gasteiger partial charge in [-0.05, 0) is 18.2 Å². The Hall–Kier alpha value is -3.29. The second kappa shape index (κ2) is 7.12. The lowest BCUT2D eigenvalue weighted by Crippen LogP contribution is -2.20. The van der Waals surface area contributed by atoms with E-state index in [0.717, 1.165) is 0 Å². The van der Waals surface area contributed by atoms with Crippen LogP contribution in [-0.2, 0) is 0 Å². The molecule has 23 heavy (non-hydrogen) atoms. The maximum atomic E-state index is 12.1. The average Bonchev–Trinajstić information content (AvgIpc) is 2.54. The van der Waals surface area contributed by atoms with Crippen LogP contribution >= 0.6 is 0 Å². The first kappa shape index (κ1) is 16.1. The van der Waals surface area contributed by atoms with Crippen LogP contribution in [0.2, 0.25) is 0 Å². The van der Waals surface area contributed by atoms with Gasteiger partial charge in [0, 0.05) is 6.07 Å². The Morgan fingerprint density at radius 2 is 1.65 bits per heavy atom. The van der Waals surface area contributed by atoms with Gasteiger partial charge in [0.25, 0.3) is 0 Å². The van der Waals surface area contributed by atoms with Gasteiger partial charge in [-0.15, -0.1) is 0 Å². The molecule has 0 heterocycles. The predicted molar refractivity (Wildman–Crippen MR) is 85.3 cm³/mol. The number of hydrogen-bond donors (Lipinski definition) is 2. The molecule has 0 aromatic heterocycles. The number of para-hydroxylation sites is 3. The summed E-state index contributed by atoms with van der Waals surface area (Å²) in [7, 11) is 2.79. The summed E-state index contributed by atoms with van der Waals surface area (Å²) in [6, 6.07) is 10.6. The zero-order valence-electron chi connectivity index (χ0n) is 12.5. The predicted octanol–water partition coefficient (Wildman–Crippen LogP) is 3.26. The van der Waals surface area contributed by atoms with E-state index in [0.29, 0.717) is 11.4 Å². The van der Waals surface area contributed by atoms with Crippen LogP contribution in [0, 0.1) is 10.1 Å². The minimum atomic E-state index is -0.581. The van der Waals surface area contributed by atoms with Gasteiger partial charge in [0.15, 0.2) is 0 Å². The number of rotatable bonds is 5. The second-order valence-corrected chi connectivity index (χ2v) is 4.39. The third-order valence-corrected chi connectivity index (χ3v) is 3.00. The van der Waals surface area contributed by atoms with Gasteiger partial charge in [0.1, 0.15) is 5.75 Å². The van der Waals surface area contributed by atoms with Crippen LogP contribution in [0.5, 0.6) is 11.5 Å². The number of benzene rings is 2. The van der Waals surface area contributed by atoms with Crippen LogP contribution in [0.15, 0.2) is 42.5 Å². The van der Waals surface area contributed by atoms with E-state index >= 15 is 0 Å². The smallest absolute Gasteiger partial charge is 0.323 e. The van der Waals surface area contributed by atoms with Gasteiger partial charge in [0.05, 0.1) is 30.5 Å². The minimum Gasteiger partial charge on any atom is -0.495 e. The highest BCUT2D eigenvalue weighted by Gasteiger charge is 2.19. The zero-order valence-corrected chi connectivity index (χ0v) is 12.5. The number of carbonyl (C=O) groups excluding carboxylic acids is 1. The second-order valence-electron chi connectivity index (χ2n) is 4.39. The van der Waals surface area contributed by atoms with E-state index in [1.54, 1.807) is 24.3 Å². The van der Waals surface area contributed by atoms with Crippen LogP contribution in [-0.4, -0.2) is 25.2 Å². The monoisotopic (exact) mass is 317 g/mol. The Kier molecular flexibility index (Phi) is 4.98. The molecule has 0 radical (unpaired) electrons. The molecule has 0 saturated heterocycles. The molecule has 0 aliphatic rings. The molecule has 2 aromatic rings. The fourth-order valence-corrected chi connectivity index (χ4v) is 2.01. The summed E-state index contributed by atoms with van der Waals surface area (Å²) in [5, 5.41) is 16.1. The lowest BCUT2D eigenvalue weighted by Gasteiger charge is -2.12. The number of amides is 2. The van der Waals surface area contributed by atoms with Gasteiger partial charge < -0.3 is 20.1 Å². The minimum absolute atomic E-state index is 0.0207. The van der Waals surface area contributed by atoms with Crippen molar-refractivity contribution in [1.29, 1.82) is 0 Å². The lowest BCUT2D eigenvalue weighted by molar-refractivity contribution is -0.385. The number of nitro groups is 1. The molecule has 8 nitrogen and oxygen atoms in total. The summed E-state index contributed by atoms with van der Waals surface area (Å²) >= 11 is 0. The largest absolute Gasteiger partial charge is 0.495 e. The van der Waals surface area contributed by atoms with Crippen molar-refractivity contribution in [2.24, 2.45) is 0 Å². The molecule has 0 bridgehead atoms. The van der Waals surface area contributed by atoms with E-state index in [1.807, 2.05) is 0 Å². The summed E-state index contributed by atoms with van der Waals surface area (Å²) in [6.07, 6.45) is 0. The van der Waals surface area contributed by atoms with E-state index in [2.05, 4.69) is 10.6 Å². The molecule has 2 N–H and O–H groups in total. The molecule has 0 unspecified atom stereocenters. The molecule has 2 amide bonds. The zero-order chi connectivity index (χ0) is 16.8. The van der Waals surface area contributed by atoms with Crippen LogP contribution < -0.4 is 20.1 Å². The number of hydrogen-bond acceptors (Lipinski definition) is 5. The lowest BCUT2D eigenvalue weighted by atomic mass is 10.2. The van der Waals surface area contributed by atoms with Gasteiger partial charge in [0.2, 0.25) is 5.75 Å². The maximum absolute atomic E-state index is 12.1. The van der Waals surface area contributed by atoms with Gasteiger partial charge >= 0.3 is 11.7 Å². The molecule has 0 aliphatic carbocycles. The summed E-state index contributed by atoms with van der Waals surface area (Å²) in [5.74, 6) is 0.473. The first-order valence-corrected chi connectivity index (χ1v) is 6.59. The molecule has 0 spiro atoms. The quantitative estimate of drug-likeness (QED) is 0.651. The number of nitro benzene ring substituents is 1. The van der Waals surface area contributed by atoms with Crippen molar-refractivity contribution < 1.29 is 19.2 Å². The van der Waals surface area contributed by atoms with Crippen LogP contribution in [0.1, 0.15) is 0 Å². The van der Waals surface area contributed by atoms with Crippen LogP contribution in [0.3, 0.4) is 0 Å². The van der Waals surface area contributed by atoms with Gasteiger partial charge in [-0.2, -0.15) is 0 Å². The van der Waals surface area contributed by atoms with E-state index < -0.39 is 11.0 Å². The highest BCUT2D eigenvalue weighted by atomic mass is 16.6. The fourth-order valence-electron chi connectivity index (χ4n) is 2.01. The third kappa shape index (κ3) is 3.67. The number of methoxy groups -OCH3 is 2. The third-order valence-electron chi connectivity index (χ3n) is 3.00. The van der Waals surface area contributed by atoms with Crippen molar-refractivity contribution in [2.75, 3.05) is 24.9 Å².